The molecule has 5 nitrogen and oxygen atoms in total. The number of sulfonamides is 1. The molecule has 0 heterocycles. The zero-order chi connectivity index (χ0) is 15.2. The molecule has 0 spiro atoms. The second-order valence-electron chi connectivity index (χ2n) is 4.03. The molecule has 0 amide bonds. The molecule has 0 saturated carbocycles. The lowest BCUT2D eigenvalue weighted by Gasteiger charge is -2.11. The van der Waals surface area contributed by atoms with Gasteiger partial charge in [0.1, 0.15) is 4.90 Å². The summed E-state index contributed by atoms with van der Waals surface area (Å²) in [4.78, 5) is -0.0523. The third-order valence-corrected chi connectivity index (χ3v) is 4.81. The van der Waals surface area contributed by atoms with E-state index in [1.807, 2.05) is 6.92 Å². The Hall–Kier alpha value is -0.370. The Bertz CT molecular complexity index is 550. The van der Waals surface area contributed by atoms with Crippen LogP contribution < -0.4 is 10.5 Å². The fourth-order valence-corrected chi connectivity index (χ4v) is 3.58. The van der Waals surface area contributed by atoms with Crippen molar-refractivity contribution in [2.24, 2.45) is 5.73 Å². The molecule has 0 aliphatic rings. The molecular weight excluding hydrogens is 323 g/mol. The minimum Gasteiger partial charge on any atom is -0.382 e. The van der Waals surface area contributed by atoms with Gasteiger partial charge >= 0.3 is 0 Å². The van der Waals surface area contributed by atoms with Gasteiger partial charge < -0.3 is 10.5 Å². The standard InChI is InChI=1S/C12H18Cl2N2O3S/c1-2-19-5-3-4-16-20(17,18)11-7-10(13)6-9(8-15)12(11)14/h6-7,16H,2-5,8,15H2,1H3. The van der Waals surface area contributed by atoms with Gasteiger partial charge in [0.15, 0.2) is 0 Å². The highest BCUT2D eigenvalue weighted by molar-refractivity contribution is 7.89. The number of ether oxygens (including phenoxy) is 1. The molecule has 20 heavy (non-hydrogen) atoms. The van der Waals surface area contributed by atoms with Crippen LogP contribution in [0.15, 0.2) is 17.0 Å². The Balaban J connectivity index is 2.84. The van der Waals surface area contributed by atoms with Crippen LogP contribution in [0.3, 0.4) is 0 Å². The van der Waals surface area contributed by atoms with Crippen LogP contribution in [0.1, 0.15) is 18.9 Å². The summed E-state index contributed by atoms with van der Waals surface area (Å²) in [6.45, 7) is 3.36. The molecule has 0 saturated heterocycles. The fraction of sp³-hybridized carbons (Fsp3) is 0.500. The predicted molar refractivity (Wildman–Crippen MR) is 80.7 cm³/mol. The largest absolute Gasteiger partial charge is 0.382 e. The van der Waals surface area contributed by atoms with E-state index in [2.05, 4.69) is 4.72 Å². The van der Waals surface area contributed by atoms with E-state index in [0.29, 0.717) is 25.2 Å². The molecule has 0 fully saturated rings. The van der Waals surface area contributed by atoms with Gasteiger partial charge in [0.2, 0.25) is 10.0 Å². The van der Waals surface area contributed by atoms with Crippen LogP contribution in [-0.2, 0) is 21.3 Å². The van der Waals surface area contributed by atoms with Crippen molar-refractivity contribution in [2.45, 2.75) is 24.8 Å². The molecule has 1 aromatic carbocycles. The van der Waals surface area contributed by atoms with Crippen molar-refractivity contribution in [1.82, 2.24) is 4.72 Å². The van der Waals surface area contributed by atoms with Gasteiger partial charge in [-0.3, -0.25) is 0 Å². The first-order valence-electron chi connectivity index (χ1n) is 6.17. The molecule has 1 aromatic rings. The topological polar surface area (TPSA) is 81.4 Å². The van der Waals surface area contributed by atoms with E-state index < -0.39 is 10.0 Å². The van der Waals surface area contributed by atoms with E-state index in [-0.39, 0.29) is 28.0 Å². The summed E-state index contributed by atoms with van der Waals surface area (Å²) < 4.78 is 31.9. The highest BCUT2D eigenvalue weighted by Gasteiger charge is 2.20. The monoisotopic (exact) mass is 340 g/mol. The summed E-state index contributed by atoms with van der Waals surface area (Å²) in [7, 11) is -3.71. The maximum atomic E-state index is 12.2. The molecule has 114 valence electrons. The number of hydrogen-bond donors (Lipinski definition) is 2. The number of nitrogens with two attached hydrogens (primary N) is 1. The third-order valence-electron chi connectivity index (χ3n) is 2.55. The Kier molecular flexibility index (Phi) is 7.22. The first kappa shape index (κ1) is 17.7. The predicted octanol–water partition coefficient (Wildman–Crippen LogP) is 2.16. The van der Waals surface area contributed by atoms with Crippen molar-refractivity contribution in [3.8, 4) is 0 Å². The number of nitrogens with one attached hydrogen (secondary N) is 1. The molecule has 1 rings (SSSR count). The van der Waals surface area contributed by atoms with Gasteiger partial charge in [-0.25, -0.2) is 13.1 Å². The quantitative estimate of drug-likeness (QED) is 0.710. The Morgan fingerprint density at radius 1 is 1.35 bits per heavy atom. The molecule has 0 bridgehead atoms. The second-order valence-corrected chi connectivity index (χ2v) is 6.58. The van der Waals surface area contributed by atoms with Crippen LogP contribution in [0.2, 0.25) is 10.0 Å². The van der Waals surface area contributed by atoms with Crippen molar-refractivity contribution >= 4 is 33.2 Å². The van der Waals surface area contributed by atoms with E-state index in [1.165, 1.54) is 6.07 Å². The van der Waals surface area contributed by atoms with Gasteiger partial charge in [0.25, 0.3) is 0 Å². The Morgan fingerprint density at radius 2 is 2.05 bits per heavy atom. The van der Waals surface area contributed by atoms with Crippen LogP contribution in [0.5, 0.6) is 0 Å². The van der Waals surface area contributed by atoms with E-state index in [9.17, 15) is 8.42 Å². The maximum Gasteiger partial charge on any atom is 0.242 e. The molecule has 3 N–H and O–H groups in total. The first-order valence-corrected chi connectivity index (χ1v) is 8.41. The molecule has 0 aliphatic heterocycles. The number of rotatable bonds is 8. The summed E-state index contributed by atoms with van der Waals surface area (Å²) in [6, 6.07) is 2.87. The molecule has 0 radical (unpaired) electrons. The van der Waals surface area contributed by atoms with E-state index in [1.54, 1.807) is 6.07 Å². The summed E-state index contributed by atoms with van der Waals surface area (Å²) in [6.07, 6.45) is 0.578. The van der Waals surface area contributed by atoms with E-state index in [4.69, 9.17) is 33.7 Å². The van der Waals surface area contributed by atoms with Crippen molar-refractivity contribution in [2.75, 3.05) is 19.8 Å². The van der Waals surface area contributed by atoms with Gasteiger partial charge in [-0.1, -0.05) is 23.2 Å². The van der Waals surface area contributed by atoms with E-state index in [0.717, 1.165) is 0 Å². The Labute approximate surface area is 129 Å². The number of benzene rings is 1. The van der Waals surface area contributed by atoms with Crippen LogP contribution >= 0.6 is 23.2 Å². The summed E-state index contributed by atoms with van der Waals surface area (Å²) in [5, 5.41) is 0.388. The van der Waals surface area contributed by atoms with Gasteiger partial charge in [0, 0.05) is 31.3 Å². The summed E-state index contributed by atoms with van der Waals surface area (Å²) in [5.74, 6) is 0. The highest BCUT2D eigenvalue weighted by Crippen LogP contribution is 2.29. The molecule has 0 atom stereocenters. The normalized spacial score (nSPS) is 11.8. The van der Waals surface area contributed by atoms with Crippen molar-refractivity contribution in [1.29, 1.82) is 0 Å². The number of halogens is 2. The average Bonchev–Trinajstić information content (AvgIpc) is 2.40. The van der Waals surface area contributed by atoms with Crippen molar-refractivity contribution in [3.05, 3.63) is 27.7 Å². The molecule has 0 aromatic heterocycles. The van der Waals surface area contributed by atoms with Gasteiger partial charge in [-0.15, -0.1) is 0 Å². The van der Waals surface area contributed by atoms with E-state index >= 15 is 0 Å². The zero-order valence-corrected chi connectivity index (χ0v) is 13.5. The van der Waals surface area contributed by atoms with Crippen LogP contribution in [-0.4, -0.2) is 28.2 Å². The van der Waals surface area contributed by atoms with Crippen molar-refractivity contribution < 1.29 is 13.2 Å². The van der Waals surface area contributed by atoms with Gasteiger partial charge in [0.05, 0.1) is 5.02 Å². The SMILES string of the molecule is CCOCCCNS(=O)(=O)c1cc(Cl)cc(CN)c1Cl. The van der Waals surface area contributed by atoms with Gasteiger partial charge in [-0.05, 0) is 31.0 Å². The van der Waals surface area contributed by atoms with Crippen LogP contribution in [0, 0.1) is 0 Å². The first-order chi connectivity index (χ1) is 9.42. The molecule has 0 unspecified atom stereocenters. The maximum absolute atomic E-state index is 12.2. The highest BCUT2D eigenvalue weighted by atomic mass is 35.5. The minimum atomic E-state index is -3.71. The van der Waals surface area contributed by atoms with Gasteiger partial charge in [-0.2, -0.15) is 0 Å². The second kappa shape index (κ2) is 8.17. The smallest absolute Gasteiger partial charge is 0.242 e. The lowest BCUT2D eigenvalue weighted by molar-refractivity contribution is 0.146. The third kappa shape index (κ3) is 4.87. The zero-order valence-electron chi connectivity index (χ0n) is 11.2. The molecule has 8 heteroatoms. The number of hydrogen-bond acceptors (Lipinski definition) is 4. The van der Waals surface area contributed by atoms with Crippen LogP contribution in [0.4, 0.5) is 0 Å². The lowest BCUT2D eigenvalue weighted by Crippen LogP contribution is -2.26. The average molecular weight is 341 g/mol. The summed E-state index contributed by atoms with van der Waals surface area (Å²) in [5.41, 5.74) is 6.01. The lowest BCUT2D eigenvalue weighted by atomic mass is 10.2. The summed E-state index contributed by atoms with van der Waals surface area (Å²) >= 11 is 11.9. The van der Waals surface area contributed by atoms with Crippen molar-refractivity contribution in [3.63, 3.8) is 0 Å². The Morgan fingerprint density at radius 3 is 2.65 bits per heavy atom. The fourth-order valence-electron chi connectivity index (χ4n) is 1.57. The minimum absolute atomic E-state index is 0.0523. The van der Waals surface area contributed by atoms with Crippen LogP contribution in [0.25, 0.3) is 0 Å². The molecule has 0 aliphatic carbocycles. The molecular formula is C12H18Cl2N2O3S.